The van der Waals surface area contributed by atoms with Gasteiger partial charge in [-0.25, -0.2) is 0 Å². The van der Waals surface area contributed by atoms with Crippen molar-refractivity contribution in [2.45, 2.75) is 72.0 Å². The van der Waals surface area contributed by atoms with Crippen molar-refractivity contribution < 1.29 is 10.2 Å². The van der Waals surface area contributed by atoms with Gasteiger partial charge in [0.1, 0.15) is 0 Å². The number of rotatable bonds is 5. The van der Waals surface area contributed by atoms with Crippen LogP contribution in [0.5, 0.6) is 0 Å². The smallest absolute Gasteiger partial charge is 0.0955 e. The predicted molar refractivity (Wildman–Crippen MR) is 60.2 cm³/mol. The predicted octanol–water partition coefficient (Wildman–Crippen LogP) is 2.72. The molecule has 0 amide bonds. The van der Waals surface area contributed by atoms with Crippen LogP contribution in [-0.2, 0) is 0 Å². The van der Waals surface area contributed by atoms with Gasteiger partial charge in [0.25, 0.3) is 0 Å². The van der Waals surface area contributed by atoms with Gasteiger partial charge in [-0.2, -0.15) is 0 Å². The Kier molecular flexibility index (Phi) is 4.17. The van der Waals surface area contributed by atoms with Crippen molar-refractivity contribution in [1.82, 2.24) is 0 Å². The monoisotopic (exact) mass is 203 g/mol. The SMILES string of the molecule is CCC(CC)(CC)[13C](C)(O)C(C)(C)O. The molecule has 0 aromatic carbocycles. The number of aliphatic hydroxyl groups is 2. The molecule has 1 atom stereocenters. The van der Waals surface area contributed by atoms with Crippen LogP contribution in [0, 0.1) is 5.41 Å². The first-order chi connectivity index (χ1) is 6.18. The van der Waals surface area contributed by atoms with Gasteiger partial charge < -0.3 is 10.2 Å². The highest BCUT2D eigenvalue weighted by atomic mass is 16.4. The molecule has 0 fully saturated rings. The fraction of sp³-hybridized carbons (Fsp3) is 1.00. The van der Waals surface area contributed by atoms with E-state index in [2.05, 4.69) is 20.8 Å². The van der Waals surface area contributed by atoms with Crippen LogP contribution in [-0.4, -0.2) is 21.4 Å². The molecule has 14 heavy (non-hydrogen) atoms. The summed E-state index contributed by atoms with van der Waals surface area (Å²) < 4.78 is 0. The molecule has 2 N–H and O–H groups in total. The first-order valence-corrected chi connectivity index (χ1v) is 5.63. The average molecular weight is 203 g/mol. The van der Waals surface area contributed by atoms with Gasteiger partial charge in [-0.05, 0) is 40.0 Å². The maximum absolute atomic E-state index is 10.5. The molecule has 2 nitrogen and oxygen atoms in total. The Morgan fingerprint density at radius 3 is 1.14 bits per heavy atom. The van der Waals surface area contributed by atoms with E-state index < -0.39 is 11.2 Å². The van der Waals surface area contributed by atoms with Crippen LogP contribution in [0.2, 0.25) is 0 Å². The minimum Gasteiger partial charge on any atom is -0.387 e. The highest BCUT2D eigenvalue weighted by Crippen LogP contribution is 2.46. The van der Waals surface area contributed by atoms with Crippen LogP contribution in [0.4, 0.5) is 0 Å². The van der Waals surface area contributed by atoms with Crippen molar-refractivity contribution in [1.29, 1.82) is 0 Å². The minimum atomic E-state index is -1.06. The van der Waals surface area contributed by atoms with Gasteiger partial charge in [-0.1, -0.05) is 20.8 Å². The zero-order valence-corrected chi connectivity index (χ0v) is 10.5. The summed E-state index contributed by atoms with van der Waals surface area (Å²) in [6.07, 6.45) is 2.66. The summed E-state index contributed by atoms with van der Waals surface area (Å²) in [7, 11) is 0. The Labute approximate surface area is 88.3 Å². The van der Waals surface area contributed by atoms with Gasteiger partial charge in [0.15, 0.2) is 0 Å². The first-order valence-electron chi connectivity index (χ1n) is 5.63. The lowest BCUT2D eigenvalue weighted by Gasteiger charge is -2.50. The van der Waals surface area contributed by atoms with Crippen LogP contribution in [0.3, 0.4) is 0 Å². The van der Waals surface area contributed by atoms with E-state index in [-0.39, 0.29) is 5.41 Å². The molecule has 0 saturated heterocycles. The zero-order chi connectivity index (χ0) is 11.6. The van der Waals surface area contributed by atoms with E-state index in [4.69, 9.17) is 0 Å². The van der Waals surface area contributed by atoms with Crippen LogP contribution in [0.15, 0.2) is 0 Å². The fourth-order valence-electron chi connectivity index (χ4n) is 2.43. The molecule has 1 unspecified atom stereocenters. The molecule has 0 saturated carbocycles. The topological polar surface area (TPSA) is 40.5 Å². The molecule has 0 aliphatic heterocycles. The van der Waals surface area contributed by atoms with Crippen LogP contribution >= 0.6 is 0 Å². The van der Waals surface area contributed by atoms with Crippen LogP contribution in [0.25, 0.3) is 0 Å². The normalized spacial score (nSPS) is 18.0. The van der Waals surface area contributed by atoms with Crippen molar-refractivity contribution >= 4 is 0 Å². The van der Waals surface area contributed by atoms with E-state index in [0.717, 1.165) is 19.3 Å². The Morgan fingerprint density at radius 1 is 0.786 bits per heavy atom. The number of hydrogen-bond acceptors (Lipinski definition) is 2. The first kappa shape index (κ1) is 13.9. The van der Waals surface area contributed by atoms with Gasteiger partial charge in [-0.15, -0.1) is 0 Å². The standard InChI is InChI=1S/C12H26O2/c1-7-12(8-2,9-3)11(6,14)10(4,5)13/h13-14H,7-9H2,1-6H3/i11+1. The number of hydrogen-bond donors (Lipinski definition) is 2. The van der Waals surface area contributed by atoms with Crippen molar-refractivity contribution in [2.24, 2.45) is 5.41 Å². The third kappa shape index (κ3) is 1.96. The van der Waals surface area contributed by atoms with Crippen molar-refractivity contribution in [2.75, 3.05) is 0 Å². The Hall–Kier alpha value is -0.0800. The molecule has 0 aliphatic rings. The van der Waals surface area contributed by atoms with Gasteiger partial charge in [0.2, 0.25) is 0 Å². The molecule has 86 valence electrons. The molecule has 2 heteroatoms. The van der Waals surface area contributed by atoms with Gasteiger partial charge in [-0.3, -0.25) is 0 Å². The van der Waals surface area contributed by atoms with E-state index in [1.54, 1.807) is 20.8 Å². The largest absolute Gasteiger partial charge is 0.387 e. The van der Waals surface area contributed by atoms with E-state index in [0.29, 0.717) is 0 Å². The summed E-state index contributed by atoms with van der Waals surface area (Å²) in [4.78, 5) is 0. The molecule has 0 heterocycles. The second-order valence-corrected chi connectivity index (χ2v) is 4.97. The third-order valence-electron chi connectivity index (χ3n) is 4.25. The second kappa shape index (κ2) is 4.19. The fourth-order valence-corrected chi connectivity index (χ4v) is 2.43. The van der Waals surface area contributed by atoms with E-state index >= 15 is 0 Å². The minimum absolute atomic E-state index is 0.189. The van der Waals surface area contributed by atoms with Crippen molar-refractivity contribution in [3.8, 4) is 0 Å². The summed E-state index contributed by atoms with van der Waals surface area (Å²) in [6, 6.07) is 0. The highest BCUT2D eigenvalue weighted by Gasteiger charge is 2.51. The molecular weight excluding hydrogens is 177 g/mol. The van der Waals surface area contributed by atoms with E-state index in [1.807, 2.05) is 0 Å². The zero-order valence-electron chi connectivity index (χ0n) is 10.5. The van der Waals surface area contributed by atoms with Gasteiger partial charge in [0, 0.05) is 5.41 Å². The van der Waals surface area contributed by atoms with Gasteiger partial charge >= 0.3 is 0 Å². The van der Waals surface area contributed by atoms with E-state index in [1.165, 1.54) is 0 Å². The highest BCUT2D eigenvalue weighted by molar-refractivity contribution is 5.03. The summed E-state index contributed by atoms with van der Waals surface area (Å²) in [5, 5.41) is 20.5. The molecule has 0 rings (SSSR count). The molecule has 0 aromatic rings. The lowest BCUT2D eigenvalue weighted by Crippen LogP contribution is -2.59. The Balaban J connectivity index is 5.19. The summed E-state index contributed by atoms with van der Waals surface area (Å²) in [5.74, 6) is 0. The molecular formula is C12H26O2. The average Bonchev–Trinajstić information content (AvgIpc) is 2.06. The maximum atomic E-state index is 10.5. The van der Waals surface area contributed by atoms with Crippen LogP contribution < -0.4 is 0 Å². The van der Waals surface area contributed by atoms with Crippen molar-refractivity contribution in [3.63, 3.8) is 0 Å². The van der Waals surface area contributed by atoms with Crippen LogP contribution in [0.1, 0.15) is 60.8 Å². The lowest BCUT2D eigenvalue weighted by atomic mass is 9.77. The molecule has 0 aromatic heterocycles. The summed E-state index contributed by atoms with van der Waals surface area (Å²) >= 11 is 0. The summed E-state index contributed by atoms with van der Waals surface area (Å²) in [6.45, 7) is 11.3. The maximum Gasteiger partial charge on any atom is 0.0955 e. The molecule has 0 spiro atoms. The molecule has 0 radical (unpaired) electrons. The Bertz CT molecular complexity index is 165. The Morgan fingerprint density at radius 2 is 1.07 bits per heavy atom. The van der Waals surface area contributed by atoms with Gasteiger partial charge in [0.05, 0.1) is 11.2 Å². The lowest BCUT2D eigenvalue weighted by molar-refractivity contribution is -0.195. The van der Waals surface area contributed by atoms with Crippen molar-refractivity contribution in [3.05, 3.63) is 0 Å². The second-order valence-electron chi connectivity index (χ2n) is 4.97. The molecule has 0 bridgehead atoms. The van der Waals surface area contributed by atoms with E-state index in [9.17, 15) is 10.2 Å². The summed E-state index contributed by atoms with van der Waals surface area (Å²) in [5.41, 5.74) is -2.29. The quantitative estimate of drug-likeness (QED) is 0.674. The third-order valence-corrected chi connectivity index (χ3v) is 4.25. The molecule has 0 aliphatic carbocycles.